The third-order valence-corrected chi connectivity index (χ3v) is 2.93. The lowest BCUT2D eigenvalue weighted by molar-refractivity contribution is 1.29. The summed E-state index contributed by atoms with van der Waals surface area (Å²) in [5, 5.41) is 3.82. The van der Waals surface area contributed by atoms with E-state index in [1.165, 1.54) is 5.56 Å². The molecule has 82 valence electrons. The summed E-state index contributed by atoms with van der Waals surface area (Å²) in [6.07, 6.45) is 1.61. The molecular formula is C12H10BrClN2. The van der Waals surface area contributed by atoms with Gasteiger partial charge in [0, 0.05) is 11.9 Å². The molecule has 0 aliphatic heterocycles. The minimum Gasteiger partial charge on any atom is -0.339 e. The SMILES string of the molecule is Cc1ccc(Nc2ncc(Cl)cc2Br)cc1. The van der Waals surface area contributed by atoms with Gasteiger partial charge in [0.2, 0.25) is 0 Å². The van der Waals surface area contributed by atoms with Gasteiger partial charge in [0.05, 0.1) is 9.50 Å². The largest absolute Gasteiger partial charge is 0.339 e. The Hall–Kier alpha value is -1.06. The van der Waals surface area contributed by atoms with E-state index < -0.39 is 0 Å². The number of nitrogens with zero attached hydrogens (tertiary/aromatic N) is 1. The Balaban J connectivity index is 2.23. The second kappa shape index (κ2) is 4.85. The number of aromatic nitrogens is 1. The van der Waals surface area contributed by atoms with E-state index in [0.29, 0.717) is 5.02 Å². The fraction of sp³-hybridized carbons (Fsp3) is 0.0833. The van der Waals surface area contributed by atoms with Crippen LogP contribution in [0.25, 0.3) is 0 Å². The van der Waals surface area contributed by atoms with Crippen molar-refractivity contribution in [1.82, 2.24) is 4.98 Å². The molecule has 0 radical (unpaired) electrons. The highest BCUT2D eigenvalue weighted by atomic mass is 79.9. The van der Waals surface area contributed by atoms with E-state index in [1.807, 2.05) is 30.3 Å². The van der Waals surface area contributed by atoms with Crippen LogP contribution in [0.3, 0.4) is 0 Å². The van der Waals surface area contributed by atoms with Crippen molar-refractivity contribution < 1.29 is 0 Å². The van der Waals surface area contributed by atoms with Crippen LogP contribution in [0.4, 0.5) is 11.5 Å². The summed E-state index contributed by atoms with van der Waals surface area (Å²) < 4.78 is 0.848. The molecule has 2 aromatic rings. The van der Waals surface area contributed by atoms with Gasteiger partial charge in [-0.25, -0.2) is 4.98 Å². The van der Waals surface area contributed by atoms with Crippen molar-refractivity contribution >= 4 is 39.0 Å². The van der Waals surface area contributed by atoms with Gasteiger partial charge in [-0.2, -0.15) is 0 Å². The maximum absolute atomic E-state index is 5.82. The summed E-state index contributed by atoms with van der Waals surface area (Å²) >= 11 is 9.23. The fourth-order valence-electron chi connectivity index (χ4n) is 1.28. The molecule has 16 heavy (non-hydrogen) atoms. The Kier molecular flexibility index (Phi) is 3.46. The molecule has 1 N–H and O–H groups in total. The Morgan fingerprint density at radius 2 is 1.94 bits per heavy atom. The average molecular weight is 298 g/mol. The first-order valence-corrected chi connectivity index (χ1v) is 5.97. The molecule has 0 fully saturated rings. The molecule has 1 heterocycles. The maximum atomic E-state index is 5.82. The summed E-state index contributed by atoms with van der Waals surface area (Å²) in [5.74, 6) is 0.758. The summed E-state index contributed by atoms with van der Waals surface area (Å²) in [5.41, 5.74) is 2.23. The zero-order chi connectivity index (χ0) is 11.5. The molecule has 2 rings (SSSR count). The van der Waals surface area contributed by atoms with Crippen molar-refractivity contribution in [3.8, 4) is 0 Å². The maximum Gasteiger partial charge on any atom is 0.144 e. The molecule has 0 bridgehead atoms. The number of halogens is 2. The first-order valence-electron chi connectivity index (χ1n) is 4.80. The molecule has 0 amide bonds. The van der Waals surface area contributed by atoms with Crippen LogP contribution in [0, 0.1) is 6.92 Å². The number of benzene rings is 1. The van der Waals surface area contributed by atoms with Gasteiger partial charge in [-0.05, 0) is 41.1 Å². The Morgan fingerprint density at radius 3 is 2.56 bits per heavy atom. The number of aryl methyl sites for hydroxylation is 1. The van der Waals surface area contributed by atoms with Crippen LogP contribution < -0.4 is 5.32 Å². The van der Waals surface area contributed by atoms with Crippen LogP contribution in [0.2, 0.25) is 5.02 Å². The fourth-order valence-corrected chi connectivity index (χ4v) is 2.02. The van der Waals surface area contributed by atoms with Gasteiger partial charge in [0.25, 0.3) is 0 Å². The lowest BCUT2D eigenvalue weighted by Gasteiger charge is -2.07. The summed E-state index contributed by atoms with van der Waals surface area (Å²) in [4.78, 5) is 4.21. The number of hydrogen-bond acceptors (Lipinski definition) is 2. The minimum absolute atomic E-state index is 0.612. The second-order valence-corrected chi connectivity index (χ2v) is 4.77. The van der Waals surface area contributed by atoms with E-state index in [9.17, 15) is 0 Å². The van der Waals surface area contributed by atoms with Crippen molar-refractivity contribution in [2.24, 2.45) is 0 Å². The highest BCUT2D eigenvalue weighted by Gasteiger charge is 2.02. The van der Waals surface area contributed by atoms with E-state index in [0.717, 1.165) is 16.0 Å². The monoisotopic (exact) mass is 296 g/mol. The van der Waals surface area contributed by atoms with E-state index in [4.69, 9.17) is 11.6 Å². The molecule has 0 saturated heterocycles. The molecule has 1 aromatic carbocycles. The zero-order valence-corrected chi connectivity index (χ0v) is 11.0. The zero-order valence-electron chi connectivity index (χ0n) is 8.67. The molecule has 0 atom stereocenters. The number of hydrogen-bond donors (Lipinski definition) is 1. The van der Waals surface area contributed by atoms with E-state index in [-0.39, 0.29) is 0 Å². The van der Waals surface area contributed by atoms with Gasteiger partial charge in [0.1, 0.15) is 5.82 Å². The van der Waals surface area contributed by atoms with Crippen molar-refractivity contribution in [1.29, 1.82) is 0 Å². The van der Waals surface area contributed by atoms with Crippen molar-refractivity contribution in [2.45, 2.75) is 6.92 Å². The number of nitrogens with one attached hydrogen (secondary N) is 1. The van der Waals surface area contributed by atoms with Crippen LogP contribution >= 0.6 is 27.5 Å². The first-order chi connectivity index (χ1) is 7.65. The van der Waals surface area contributed by atoms with Crippen LogP contribution in [0.1, 0.15) is 5.56 Å². The highest BCUT2D eigenvalue weighted by Crippen LogP contribution is 2.26. The predicted octanol–water partition coefficient (Wildman–Crippen LogP) is 4.55. The van der Waals surface area contributed by atoms with E-state index >= 15 is 0 Å². The molecule has 4 heteroatoms. The average Bonchev–Trinajstić information content (AvgIpc) is 2.25. The van der Waals surface area contributed by atoms with Crippen LogP contribution in [-0.2, 0) is 0 Å². The smallest absolute Gasteiger partial charge is 0.144 e. The molecule has 2 nitrogen and oxygen atoms in total. The van der Waals surface area contributed by atoms with Crippen molar-refractivity contribution in [2.75, 3.05) is 5.32 Å². The third-order valence-electron chi connectivity index (χ3n) is 2.12. The molecule has 1 aromatic heterocycles. The van der Waals surface area contributed by atoms with E-state index in [2.05, 4.69) is 33.2 Å². The van der Waals surface area contributed by atoms with Crippen LogP contribution in [0.5, 0.6) is 0 Å². The first kappa shape index (κ1) is 11.4. The lowest BCUT2D eigenvalue weighted by Crippen LogP contribution is -1.94. The van der Waals surface area contributed by atoms with Crippen LogP contribution in [-0.4, -0.2) is 4.98 Å². The third kappa shape index (κ3) is 2.74. The molecular weight excluding hydrogens is 288 g/mol. The topological polar surface area (TPSA) is 24.9 Å². The minimum atomic E-state index is 0.612. The Morgan fingerprint density at radius 1 is 1.25 bits per heavy atom. The number of anilines is 2. The van der Waals surface area contributed by atoms with Gasteiger partial charge in [0.15, 0.2) is 0 Å². The summed E-state index contributed by atoms with van der Waals surface area (Å²) in [6, 6.07) is 9.93. The molecule has 0 aliphatic rings. The van der Waals surface area contributed by atoms with Gasteiger partial charge in [-0.3, -0.25) is 0 Å². The van der Waals surface area contributed by atoms with Crippen molar-refractivity contribution in [3.63, 3.8) is 0 Å². The standard InChI is InChI=1S/C12H10BrClN2/c1-8-2-4-10(5-3-8)16-12-11(13)6-9(14)7-15-12/h2-7H,1H3,(H,15,16). The molecule has 0 saturated carbocycles. The molecule has 0 aliphatic carbocycles. The van der Waals surface area contributed by atoms with Gasteiger partial charge in [-0.15, -0.1) is 0 Å². The number of pyridine rings is 1. The highest BCUT2D eigenvalue weighted by molar-refractivity contribution is 9.10. The predicted molar refractivity (Wildman–Crippen MR) is 71.4 cm³/mol. The summed E-state index contributed by atoms with van der Waals surface area (Å²) in [6.45, 7) is 2.06. The quantitative estimate of drug-likeness (QED) is 0.879. The normalized spacial score (nSPS) is 10.2. The molecule has 0 unspecified atom stereocenters. The van der Waals surface area contributed by atoms with Crippen LogP contribution in [0.15, 0.2) is 41.0 Å². The summed E-state index contributed by atoms with van der Waals surface area (Å²) in [7, 11) is 0. The van der Waals surface area contributed by atoms with Crippen molar-refractivity contribution in [3.05, 3.63) is 51.6 Å². The molecule has 0 spiro atoms. The van der Waals surface area contributed by atoms with Gasteiger partial charge >= 0.3 is 0 Å². The lowest BCUT2D eigenvalue weighted by atomic mass is 10.2. The number of rotatable bonds is 2. The van der Waals surface area contributed by atoms with Gasteiger partial charge < -0.3 is 5.32 Å². The van der Waals surface area contributed by atoms with Gasteiger partial charge in [-0.1, -0.05) is 29.3 Å². The second-order valence-electron chi connectivity index (χ2n) is 3.47. The van der Waals surface area contributed by atoms with E-state index in [1.54, 1.807) is 6.20 Å². The Bertz CT molecular complexity index is 497. The Labute approximate surface area is 108 Å².